The average molecular weight is 395 g/mol. The van der Waals surface area contributed by atoms with Crippen molar-refractivity contribution in [3.63, 3.8) is 0 Å². The number of methoxy groups -OCH3 is 1. The molecule has 1 aliphatic rings. The highest BCUT2D eigenvalue weighted by Gasteiger charge is 2.54. The Hall–Kier alpha value is -2.14. The number of benzene rings is 1. The summed E-state index contributed by atoms with van der Waals surface area (Å²) in [7, 11) is -3.05. The second kappa shape index (κ2) is 7.23. The summed E-state index contributed by atoms with van der Waals surface area (Å²) >= 11 is 0. The van der Waals surface area contributed by atoms with Gasteiger partial charge >= 0.3 is 18.1 Å². The molecule has 0 saturated carbocycles. The minimum absolute atomic E-state index is 0.0956. The first kappa shape index (κ1) is 20.2. The lowest BCUT2D eigenvalue weighted by Crippen LogP contribution is -2.34. The van der Waals surface area contributed by atoms with Gasteiger partial charge in [0, 0.05) is 13.1 Å². The molecular weight excluding hydrogens is 379 g/mol. The van der Waals surface area contributed by atoms with E-state index in [1.165, 1.54) is 24.3 Å². The molecule has 0 spiro atoms. The van der Waals surface area contributed by atoms with Gasteiger partial charge < -0.3 is 9.84 Å². The Morgan fingerprint density at radius 2 is 1.96 bits per heavy atom. The van der Waals surface area contributed by atoms with E-state index in [2.05, 4.69) is 4.74 Å². The fourth-order valence-corrected chi connectivity index (χ4v) is 4.34. The number of sulfonamides is 1. The molecule has 0 radical (unpaired) electrons. The SMILES string of the molecule is COC(=O)c1cccc(CS(=O)(=O)N2C[C@@H](C(F)(F)F)[C@H](C(=O)O)C2)c1. The van der Waals surface area contributed by atoms with Crippen molar-refractivity contribution in [2.45, 2.75) is 11.9 Å². The Bertz CT molecular complexity index is 808. The van der Waals surface area contributed by atoms with Crippen LogP contribution >= 0.6 is 0 Å². The molecule has 26 heavy (non-hydrogen) atoms. The first-order valence-electron chi connectivity index (χ1n) is 7.40. The topological polar surface area (TPSA) is 101 Å². The molecule has 1 aliphatic heterocycles. The van der Waals surface area contributed by atoms with Crippen LogP contribution < -0.4 is 0 Å². The number of halogens is 3. The molecule has 1 saturated heterocycles. The van der Waals surface area contributed by atoms with Crippen LogP contribution in [-0.4, -0.2) is 56.1 Å². The van der Waals surface area contributed by atoms with Crippen LogP contribution in [0.1, 0.15) is 15.9 Å². The van der Waals surface area contributed by atoms with E-state index < -0.39 is 58.8 Å². The summed E-state index contributed by atoms with van der Waals surface area (Å²) in [6.45, 7) is -1.70. The van der Waals surface area contributed by atoms with Gasteiger partial charge in [-0.3, -0.25) is 4.79 Å². The zero-order valence-electron chi connectivity index (χ0n) is 13.6. The average Bonchev–Trinajstić information content (AvgIpc) is 3.00. The van der Waals surface area contributed by atoms with Gasteiger partial charge in [-0.05, 0) is 17.7 Å². The predicted molar refractivity (Wildman–Crippen MR) is 82.6 cm³/mol. The monoisotopic (exact) mass is 395 g/mol. The second-order valence-corrected chi connectivity index (χ2v) is 7.83. The van der Waals surface area contributed by atoms with Crippen LogP contribution in [0, 0.1) is 11.8 Å². The molecule has 0 aromatic heterocycles. The molecule has 1 aromatic rings. The van der Waals surface area contributed by atoms with E-state index in [4.69, 9.17) is 5.11 Å². The molecule has 7 nitrogen and oxygen atoms in total. The number of alkyl halides is 3. The maximum atomic E-state index is 13.0. The van der Waals surface area contributed by atoms with Gasteiger partial charge in [0.1, 0.15) is 0 Å². The van der Waals surface area contributed by atoms with Gasteiger partial charge in [0.2, 0.25) is 10.0 Å². The second-order valence-electron chi connectivity index (χ2n) is 5.86. The number of carbonyl (C=O) groups excluding carboxylic acids is 1. The van der Waals surface area contributed by atoms with Crippen LogP contribution in [0.2, 0.25) is 0 Å². The number of hydrogen-bond acceptors (Lipinski definition) is 5. The molecule has 2 rings (SSSR count). The maximum absolute atomic E-state index is 13.0. The largest absolute Gasteiger partial charge is 0.481 e. The molecule has 1 N–H and O–H groups in total. The summed E-state index contributed by atoms with van der Waals surface area (Å²) in [5.41, 5.74) is 0.272. The molecule has 0 aliphatic carbocycles. The Morgan fingerprint density at radius 1 is 1.31 bits per heavy atom. The highest BCUT2D eigenvalue weighted by atomic mass is 32.2. The molecule has 1 heterocycles. The number of carboxylic acids is 1. The van der Waals surface area contributed by atoms with Gasteiger partial charge in [0.15, 0.2) is 0 Å². The number of aliphatic carboxylic acids is 1. The van der Waals surface area contributed by atoms with E-state index in [1.807, 2.05) is 0 Å². The quantitative estimate of drug-likeness (QED) is 0.759. The van der Waals surface area contributed by atoms with Crippen molar-refractivity contribution in [3.8, 4) is 0 Å². The van der Waals surface area contributed by atoms with Gasteiger partial charge in [-0.2, -0.15) is 13.2 Å². The van der Waals surface area contributed by atoms with Crippen molar-refractivity contribution in [2.75, 3.05) is 20.2 Å². The highest BCUT2D eigenvalue weighted by molar-refractivity contribution is 7.88. The number of esters is 1. The third-order valence-corrected chi connectivity index (χ3v) is 5.90. The molecule has 1 aromatic carbocycles. The Balaban J connectivity index is 2.23. The van der Waals surface area contributed by atoms with Gasteiger partial charge in [0.25, 0.3) is 0 Å². The Labute approximate surface area is 147 Å². The smallest absolute Gasteiger partial charge is 0.393 e. The van der Waals surface area contributed by atoms with Crippen molar-refractivity contribution in [1.82, 2.24) is 4.31 Å². The summed E-state index contributed by atoms with van der Waals surface area (Å²) in [4.78, 5) is 22.6. The lowest BCUT2D eigenvalue weighted by molar-refractivity contribution is -0.187. The molecule has 144 valence electrons. The third-order valence-electron chi connectivity index (χ3n) is 4.11. The van der Waals surface area contributed by atoms with Crippen LogP contribution in [0.4, 0.5) is 13.2 Å². The molecule has 0 bridgehead atoms. The van der Waals surface area contributed by atoms with Crippen LogP contribution in [0.25, 0.3) is 0 Å². The fourth-order valence-electron chi connectivity index (χ4n) is 2.78. The summed E-state index contributed by atoms with van der Waals surface area (Å²) in [6, 6.07) is 5.48. The summed E-state index contributed by atoms with van der Waals surface area (Å²) in [5, 5.41) is 8.97. The van der Waals surface area contributed by atoms with Crippen LogP contribution in [-0.2, 0) is 25.3 Å². The normalized spacial score (nSPS) is 21.5. The van der Waals surface area contributed by atoms with Gasteiger partial charge in [-0.25, -0.2) is 17.5 Å². The number of ether oxygens (including phenoxy) is 1. The molecular formula is C15H16F3NO6S. The molecule has 11 heteroatoms. The van der Waals surface area contributed by atoms with Crippen LogP contribution in [0.15, 0.2) is 24.3 Å². The molecule has 2 atom stereocenters. The minimum atomic E-state index is -4.82. The third kappa shape index (κ3) is 4.33. The lowest BCUT2D eigenvalue weighted by Gasteiger charge is -2.18. The maximum Gasteiger partial charge on any atom is 0.393 e. The van der Waals surface area contributed by atoms with Crippen molar-refractivity contribution >= 4 is 22.0 Å². The van der Waals surface area contributed by atoms with Crippen molar-refractivity contribution in [3.05, 3.63) is 35.4 Å². The van der Waals surface area contributed by atoms with E-state index in [9.17, 15) is 31.2 Å². The van der Waals surface area contributed by atoms with Crippen molar-refractivity contribution in [2.24, 2.45) is 11.8 Å². The fraction of sp³-hybridized carbons (Fsp3) is 0.467. The summed E-state index contributed by atoms with van der Waals surface area (Å²) in [5.74, 6) is -7.16. The summed E-state index contributed by atoms with van der Waals surface area (Å²) in [6.07, 6.45) is -4.82. The van der Waals surface area contributed by atoms with Crippen LogP contribution in [0.5, 0.6) is 0 Å². The van der Waals surface area contributed by atoms with Gasteiger partial charge in [-0.1, -0.05) is 12.1 Å². The van der Waals surface area contributed by atoms with Crippen LogP contribution in [0.3, 0.4) is 0 Å². The van der Waals surface area contributed by atoms with Crippen molar-refractivity contribution < 1.29 is 41.0 Å². The van der Waals surface area contributed by atoms with E-state index in [0.29, 0.717) is 4.31 Å². The first-order valence-corrected chi connectivity index (χ1v) is 9.01. The van der Waals surface area contributed by atoms with Gasteiger partial charge in [-0.15, -0.1) is 0 Å². The van der Waals surface area contributed by atoms with Crippen molar-refractivity contribution in [1.29, 1.82) is 0 Å². The molecule has 0 unspecified atom stereocenters. The number of carbonyl (C=O) groups is 2. The van der Waals surface area contributed by atoms with E-state index in [1.54, 1.807) is 0 Å². The number of nitrogens with zero attached hydrogens (tertiary/aromatic N) is 1. The molecule has 1 fully saturated rings. The zero-order valence-corrected chi connectivity index (χ0v) is 14.4. The highest BCUT2D eigenvalue weighted by Crippen LogP contribution is 2.39. The Morgan fingerprint density at radius 3 is 2.46 bits per heavy atom. The van der Waals surface area contributed by atoms with E-state index in [0.717, 1.165) is 7.11 Å². The lowest BCUT2D eigenvalue weighted by atomic mass is 9.96. The zero-order chi connectivity index (χ0) is 19.7. The Kier molecular flexibility index (Phi) is 5.61. The minimum Gasteiger partial charge on any atom is -0.481 e. The summed E-state index contributed by atoms with van der Waals surface area (Å²) < 4.78 is 69.0. The number of carboxylic acid groups (broad SMARTS) is 1. The standard InChI is InChI=1S/C15H16F3NO6S/c1-25-14(22)10-4-2-3-9(5-10)8-26(23,24)19-6-11(13(20)21)12(7-19)15(16,17)18/h2-5,11-12H,6-8H2,1H3,(H,20,21)/t11-,12-/m1/s1. The number of hydrogen-bond donors (Lipinski definition) is 1. The van der Waals surface area contributed by atoms with E-state index in [-0.39, 0.29) is 11.1 Å². The van der Waals surface area contributed by atoms with Gasteiger partial charge in [0.05, 0.1) is 30.3 Å². The number of rotatable bonds is 5. The first-order chi connectivity index (χ1) is 12.0. The molecule has 0 amide bonds. The van der Waals surface area contributed by atoms with E-state index >= 15 is 0 Å². The predicted octanol–water partition coefficient (Wildman–Crippen LogP) is 1.50.